The number of aliphatic hydroxyl groups is 1. The standard InChI is InChI=1S/C26H35ClN6O3/c1-16(2)31-22(36)13-28-20(14-34)25(18-4-6-19(27)7-5-18)32-8-10-33(11-9-32)26-23-17(3)12-21(35)24(23)29-15-30-26/h4-7,14-17,20-21,25,28,35H,8-13H2,1-3H3,(H,31,36)/t17-,20?,21-,25+/m1/s1. The Labute approximate surface area is 217 Å². The average Bonchev–Trinajstić information content (AvgIpc) is 3.16. The van der Waals surface area contributed by atoms with Crippen LogP contribution >= 0.6 is 11.6 Å². The number of aliphatic hydroxyl groups excluding tert-OH is 1. The molecule has 1 aliphatic heterocycles. The first-order valence-electron chi connectivity index (χ1n) is 12.5. The summed E-state index contributed by atoms with van der Waals surface area (Å²) in [6.45, 7) is 8.80. The lowest BCUT2D eigenvalue weighted by molar-refractivity contribution is -0.121. The van der Waals surface area contributed by atoms with E-state index in [2.05, 4.69) is 37.3 Å². The number of carbonyl (C=O) groups excluding carboxylic acids is 2. The molecular weight excluding hydrogens is 480 g/mol. The molecule has 1 amide bonds. The second kappa shape index (κ2) is 11.6. The van der Waals surface area contributed by atoms with E-state index in [0.717, 1.165) is 42.0 Å². The van der Waals surface area contributed by atoms with Crippen molar-refractivity contribution in [1.82, 2.24) is 25.5 Å². The highest BCUT2D eigenvalue weighted by molar-refractivity contribution is 6.30. The molecule has 1 fully saturated rings. The zero-order chi connectivity index (χ0) is 25.8. The maximum atomic E-state index is 12.2. The minimum atomic E-state index is -0.575. The predicted octanol–water partition coefficient (Wildman–Crippen LogP) is 2.22. The van der Waals surface area contributed by atoms with Gasteiger partial charge in [-0.15, -0.1) is 0 Å². The van der Waals surface area contributed by atoms with Crippen LogP contribution in [0.5, 0.6) is 0 Å². The van der Waals surface area contributed by atoms with Gasteiger partial charge in [0.05, 0.1) is 30.4 Å². The van der Waals surface area contributed by atoms with Gasteiger partial charge in [-0.1, -0.05) is 30.7 Å². The molecule has 0 spiro atoms. The van der Waals surface area contributed by atoms with Gasteiger partial charge in [0.2, 0.25) is 5.91 Å². The average molecular weight is 515 g/mol. The van der Waals surface area contributed by atoms with Gasteiger partial charge in [0, 0.05) is 42.8 Å². The molecule has 36 heavy (non-hydrogen) atoms. The Morgan fingerprint density at radius 1 is 1.19 bits per heavy atom. The second-order valence-corrected chi connectivity index (χ2v) is 10.4. The topological polar surface area (TPSA) is 111 Å². The fraction of sp³-hybridized carbons (Fsp3) is 0.538. The van der Waals surface area contributed by atoms with Crippen LogP contribution in [0.4, 0.5) is 5.82 Å². The summed E-state index contributed by atoms with van der Waals surface area (Å²) in [7, 11) is 0. The van der Waals surface area contributed by atoms with E-state index in [1.807, 2.05) is 38.1 Å². The Morgan fingerprint density at radius 3 is 2.53 bits per heavy atom. The fourth-order valence-corrected chi connectivity index (χ4v) is 5.41. The number of benzene rings is 1. The van der Waals surface area contributed by atoms with Crippen LogP contribution in [0.3, 0.4) is 0 Å². The summed E-state index contributed by atoms with van der Waals surface area (Å²) >= 11 is 6.13. The molecule has 1 aromatic carbocycles. The summed E-state index contributed by atoms with van der Waals surface area (Å²) in [4.78, 5) is 37.9. The fourth-order valence-electron chi connectivity index (χ4n) is 5.29. The molecule has 0 saturated carbocycles. The van der Waals surface area contributed by atoms with Gasteiger partial charge in [-0.2, -0.15) is 0 Å². The molecule has 3 N–H and O–H groups in total. The van der Waals surface area contributed by atoms with E-state index in [0.29, 0.717) is 24.5 Å². The van der Waals surface area contributed by atoms with Crippen molar-refractivity contribution in [2.45, 2.75) is 57.3 Å². The van der Waals surface area contributed by atoms with E-state index in [1.165, 1.54) is 6.33 Å². The lowest BCUT2D eigenvalue weighted by atomic mass is 9.97. The molecule has 4 atom stereocenters. The number of carbonyl (C=O) groups is 2. The number of hydrogen-bond donors (Lipinski definition) is 3. The van der Waals surface area contributed by atoms with Crippen molar-refractivity contribution < 1.29 is 14.7 Å². The Bertz CT molecular complexity index is 1060. The van der Waals surface area contributed by atoms with Crippen LogP contribution in [-0.4, -0.2) is 77.0 Å². The number of piperazine rings is 1. The smallest absolute Gasteiger partial charge is 0.234 e. The Kier molecular flexibility index (Phi) is 8.56. The van der Waals surface area contributed by atoms with Crippen LogP contribution in [-0.2, 0) is 9.59 Å². The lowest BCUT2D eigenvalue weighted by Gasteiger charge is -2.42. The van der Waals surface area contributed by atoms with Crippen molar-refractivity contribution in [2.24, 2.45) is 0 Å². The van der Waals surface area contributed by atoms with Crippen LogP contribution in [0.25, 0.3) is 0 Å². The Morgan fingerprint density at radius 2 is 1.89 bits per heavy atom. The summed E-state index contributed by atoms with van der Waals surface area (Å²) in [6.07, 6.45) is 2.54. The zero-order valence-electron chi connectivity index (χ0n) is 21.0. The van der Waals surface area contributed by atoms with Gasteiger partial charge in [-0.25, -0.2) is 9.97 Å². The third-order valence-electron chi connectivity index (χ3n) is 6.93. The van der Waals surface area contributed by atoms with Gasteiger partial charge in [0.25, 0.3) is 0 Å². The first kappa shape index (κ1) is 26.5. The van der Waals surface area contributed by atoms with Gasteiger partial charge in [0.1, 0.15) is 18.4 Å². The van der Waals surface area contributed by atoms with Gasteiger partial charge < -0.3 is 20.1 Å². The third kappa shape index (κ3) is 5.86. The number of amides is 1. The number of fused-ring (bicyclic) bond motifs is 1. The molecule has 10 heteroatoms. The highest BCUT2D eigenvalue weighted by Crippen LogP contribution is 2.43. The van der Waals surface area contributed by atoms with Gasteiger partial charge in [0.15, 0.2) is 0 Å². The summed E-state index contributed by atoms with van der Waals surface area (Å²) < 4.78 is 0. The molecule has 9 nitrogen and oxygen atoms in total. The lowest BCUT2D eigenvalue weighted by Crippen LogP contribution is -2.54. The summed E-state index contributed by atoms with van der Waals surface area (Å²) in [5.41, 5.74) is 2.73. The van der Waals surface area contributed by atoms with Crippen LogP contribution in [0.2, 0.25) is 5.02 Å². The van der Waals surface area contributed by atoms with E-state index in [-0.39, 0.29) is 30.5 Å². The van der Waals surface area contributed by atoms with E-state index < -0.39 is 12.1 Å². The maximum Gasteiger partial charge on any atom is 0.234 e. The molecule has 1 aliphatic carbocycles. The van der Waals surface area contributed by atoms with Gasteiger partial charge in [-0.3, -0.25) is 15.0 Å². The highest BCUT2D eigenvalue weighted by Gasteiger charge is 2.36. The van der Waals surface area contributed by atoms with Crippen LogP contribution in [0.15, 0.2) is 30.6 Å². The van der Waals surface area contributed by atoms with Gasteiger partial charge >= 0.3 is 0 Å². The molecule has 0 bridgehead atoms. The molecule has 0 radical (unpaired) electrons. The van der Waals surface area contributed by atoms with Crippen molar-refractivity contribution in [3.05, 3.63) is 52.4 Å². The number of nitrogens with one attached hydrogen (secondary N) is 2. The minimum absolute atomic E-state index is 0.0289. The number of aromatic nitrogens is 2. The first-order chi connectivity index (χ1) is 17.3. The maximum absolute atomic E-state index is 12.2. The number of nitrogens with zero attached hydrogens (tertiary/aromatic N) is 4. The molecule has 2 aliphatic rings. The molecule has 1 saturated heterocycles. The zero-order valence-corrected chi connectivity index (χ0v) is 21.8. The number of aldehydes is 1. The summed E-state index contributed by atoms with van der Waals surface area (Å²) in [5, 5.41) is 17.0. The number of anilines is 1. The van der Waals surface area contributed by atoms with E-state index in [1.54, 1.807) is 0 Å². The van der Waals surface area contributed by atoms with Crippen molar-refractivity contribution in [3.8, 4) is 0 Å². The Hall–Kier alpha value is -2.59. The van der Waals surface area contributed by atoms with E-state index in [9.17, 15) is 14.7 Å². The predicted molar refractivity (Wildman–Crippen MR) is 139 cm³/mol. The molecule has 1 aromatic heterocycles. The van der Waals surface area contributed by atoms with Crippen LogP contribution < -0.4 is 15.5 Å². The second-order valence-electron chi connectivity index (χ2n) is 9.93. The monoisotopic (exact) mass is 514 g/mol. The number of hydrogen-bond acceptors (Lipinski definition) is 8. The third-order valence-corrected chi connectivity index (χ3v) is 7.18. The summed E-state index contributed by atoms with van der Waals surface area (Å²) in [6, 6.07) is 6.72. The molecule has 1 unspecified atom stereocenters. The van der Waals surface area contributed by atoms with E-state index in [4.69, 9.17) is 11.6 Å². The quantitative estimate of drug-likeness (QED) is 0.437. The van der Waals surface area contributed by atoms with E-state index >= 15 is 0 Å². The Balaban J connectivity index is 1.51. The SMILES string of the molecule is CC(C)NC(=O)CNC(C=O)[C@H](c1ccc(Cl)cc1)N1CCN(c2ncnc3c2[C@H](C)C[C@H]3O)CC1. The van der Waals surface area contributed by atoms with Crippen LogP contribution in [0, 0.1) is 0 Å². The normalized spacial score (nSPS) is 21.8. The highest BCUT2D eigenvalue weighted by atomic mass is 35.5. The number of rotatable bonds is 9. The van der Waals surface area contributed by atoms with Crippen molar-refractivity contribution in [2.75, 3.05) is 37.6 Å². The van der Waals surface area contributed by atoms with Crippen LogP contribution in [0.1, 0.15) is 62.1 Å². The van der Waals surface area contributed by atoms with Crippen molar-refractivity contribution >= 4 is 29.6 Å². The molecule has 4 rings (SSSR count). The molecular formula is C26H35ClN6O3. The molecule has 194 valence electrons. The number of halogens is 1. The minimum Gasteiger partial charge on any atom is -0.387 e. The van der Waals surface area contributed by atoms with Crippen molar-refractivity contribution in [1.29, 1.82) is 0 Å². The largest absolute Gasteiger partial charge is 0.387 e. The first-order valence-corrected chi connectivity index (χ1v) is 12.9. The van der Waals surface area contributed by atoms with Gasteiger partial charge in [-0.05, 0) is 43.9 Å². The van der Waals surface area contributed by atoms with Crippen molar-refractivity contribution in [3.63, 3.8) is 0 Å². The molecule has 2 aromatic rings. The summed E-state index contributed by atoms with van der Waals surface area (Å²) in [5.74, 6) is 0.944. The molecule has 2 heterocycles.